The van der Waals surface area contributed by atoms with Crippen LogP contribution in [0.5, 0.6) is 0 Å². The molecule has 6 heteroatoms. The highest BCUT2D eigenvalue weighted by molar-refractivity contribution is 8.03. The van der Waals surface area contributed by atoms with E-state index in [1.165, 1.54) is 11.8 Å². The first-order valence-corrected chi connectivity index (χ1v) is 10.3. The number of halogens is 3. The maximum absolute atomic E-state index is 13.6. The molecule has 29 heavy (non-hydrogen) atoms. The van der Waals surface area contributed by atoms with Crippen LogP contribution in [0.3, 0.4) is 0 Å². The minimum Gasteiger partial charge on any atom is -0.297 e. The van der Waals surface area contributed by atoms with Crippen molar-refractivity contribution >= 4 is 23.3 Å². The summed E-state index contributed by atoms with van der Waals surface area (Å²) < 4.78 is 39.1. The van der Waals surface area contributed by atoms with E-state index in [2.05, 4.69) is 0 Å². The van der Waals surface area contributed by atoms with Crippen LogP contribution >= 0.6 is 11.8 Å². The Morgan fingerprint density at radius 2 is 1.38 bits per heavy atom. The summed E-state index contributed by atoms with van der Waals surface area (Å²) in [5, 5.41) is 0. The molecule has 0 bridgehead atoms. The summed E-state index contributed by atoms with van der Waals surface area (Å²) in [5.41, 5.74) is 2.06. The first-order valence-electron chi connectivity index (χ1n) is 9.45. The summed E-state index contributed by atoms with van der Waals surface area (Å²) >= 11 is 1.36. The Hall–Kier alpha value is -2.08. The quantitative estimate of drug-likeness (QED) is 0.461. The lowest BCUT2D eigenvalue weighted by Gasteiger charge is -2.42. The number of Topliss-reactive ketones (excluding diaryl/α,β-unsaturated/α-hetero) is 2. The van der Waals surface area contributed by atoms with E-state index in [0.29, 0.717) is 17.5 Å². The Kier molecular flexibility index (Phi) is 5.45. The normalized spacial score (nSPS) is 18.9. The van der Waals surface area contributed by atoms with Crippen LogP contribution in [0.4, 0.5) is 13.2 Å². The lowest BCUT2D eigenvalue weighted by atomic mass is 9.78. The van der Waals surface area contributed by atoms with Crippen molar-refractivity contribution < 1.29 is 22.8 Å². The van der Waals surface area contributed by atoms with Crippen LogP contribution in [0, 0.1) is 17.5 Å². The van der Waals surface area contributed by atoms with E-state index in [1.54, 1.807) is 18.2 Å². The van der Waals surface area contributed by atoms with Gasteiger partial charge in [0.15, 0.2) is 29.0 Å². The number of benzene rings is 2. The molecular formula is C23H23F3O2S. The average Bonchev–Trinajstić information content (AvgIpc) is 2.64. The maximum Gasteiger partial charge on any atom is 0.194 e. The second kappa shape index (κ2) is 7.31. The number of rotatable bonds is 3. The van der Waals surface area contributed by atoms with Gasteiger partial charge >= 0.3 is 0 Å². The van der Waals surface area contributed by atoms with Crippen LogP contribution in [-0.2, 0) is 16.0 Å². The third kappa shape index (κ3) is 3.75. The van der Waals surface area contributed by atoms with Gasteiger partial charge in [0.25, 0.3) is 0 Å². The van der Waals surface area contributed by atoms with Gasteiger partial charge in [0.1, 0.15) is 5.92 Å². The Labute approximate surface area is 172 Å². The zero-order chi connectivity index (χ0) is 21.7. The smallest absolute Gasteiger partial charge is 0.194 e. The fourth-order valence-corrected chi connectivity index (χ4v) is 5.64. The predicted octanol–water partition coefficient (Wildman–Crippen LogP) is 5.86. The lowest BCUT2D eigenvalue weighted by molar-refractivity contribution is -0.132. The topological polar surface area (TPSA) is 34.1 Å². The van der Waals surface area contributed by atoms with E-state index in [0.717, 1.165) is 17.7 Å². The zero-order valence-corrected chi connectivity index (χ0v) is 17.8. The van der Waals surface area contributed by atoms with Gasteiger partial charge < -0.3 is 0 Å². The number of hydrogen-bond acceptors (Lipinski definition) is 3. The molecule has 0 N–H and O–H groups in total. The molecule has 2 aromatic carbocycles. The fourth-order valence-electron chi connectivity index (χ4n) is 3.93. The molecule has 1 aliphatic rings. The lowest BCUT2D eigenvalue weighted by Crippen LogP contribution is -2.51. The molecule has 2 aromatic rings. The molecule has 1 saturated heterocycles. The molecule has 0 amide bonds. The van der Waals surface area contributed by atoms with Crippen molar-refractivity contribution in [3.05, 3.63) is 58.9 Å². The molecule has 0 aliphatic carbocycles. The molecule has 0 aromatic heterocycles. The summed E-state index contributed by atoms with van der Waals surface area (Å²) in [6.45, 7) is 9.18. The van der Waals surface area contributed by atoms with Gasteiger partial charge in [-0.05, 0) is 68.5 Å². The van der Waals surface area contributed by atoms with Gasteiger partial charge in [-0.2, -0.15) is 0 Å². The number of ketones is 2. The summed E-state index contributed by atoms with van der Waals surface area (Å²) in [7, 11) is 0. The molecule has 2 nitrogen and oxygen atoms in total. The molecule has 1 heterocycles. The monoisotopic (exact) mass is 420 g/mol. The largest absolute Gasteiger partial charge is 0.297 e. The van der Waals surface area contributed by atoms with E-state index in [4.69, 9.17) is 0 Å². The van der Waals surface area contributed by atoms with Gasteiger partial charge in [0, 0.05) is 0 Å². The Morgan fingerprint density at radius 3 is 1.86 bits per heavy atom. The van der Waals surface area contributed by atoms with E-state index < -0.39 is 32.9 Å². The van der Waals surface area contributed by atoms with Gasteiger partial charge in [-0.15, -0.1) is 11.8 Å². The van der Waals surface area contributed by atoms with Crippen molar-refractivity contribution in [2.75, 3.05) is 0 Å². The summed E-state index contributed by atoms with van der Waals surface area (Å²) in [4.78, 5) is 26.2. The van der Waals surface area contributed by atoms with E-state index >= 15 is 0 Å². The Morgan fingerprint density at radius 1 is 0.862 bits per heavy atom. The minimum absolute atomic E-state index is 0.145. The third-order valence-corrected chi connectivity index (χ3v) is 6.80. The maximum atomic E-state index is 13.6. The van der Waals surface area contributed by atoms with Crippen molar-refractivity contribution in [2.24, 2.45) is 0 Å². The van der Waals surface area contributed by atoms with E-state index in [9.17, 15) is 22.8 Å². The molecule has 0 atom stereocenters. The van der Waals surface area contributed by atoms with Gasteiger partial charge in [-0.3, -0.25) is 9.59 Å². The second-order valence-electron chi connectivity index (χ2n) is 8.31. The predicted molar refractivity (Wildman–Crippen MR) is 110 cm³/mol. The average molecular weight is 420 g/mol. The molecule has 0 unspecified atom stereocenters. The molecule has 0 spiro atoms. The van der Waals surface area contributed by atoms with Crippen molar-refractivity contribution in [2.45, 2.75) is 56.5 Å². The molecule has 1 fully saturated rings. The summed E-state index contributed by atoms with van der Waals surface area (Å²) in [6.07, 6.45) is 0.528. The van der Waals surface area contributed by atoms with Gasteiger partial charge in [-0.1, -0.05) is 25.1 Å². The third-order valence-electron chi connectivity index (χ3n) is 5.37. The molecule has 3 rings (SSSR count). The van der Waals surface area contributed by atoms with Crippen LogP contribution in [0.15, 0.2) is 30.3 Å². The van der Waals surface area contributed by atoms with Crippen LogP contribution < -0.4 is 0 Å². The summed E-state index contributed by atoms with van der Waals surface area (Å²) in [6, 6.07) is 6.88. The first-order chi connectivity index (χ1) is 13.4. The fraction of sp³-hybridized carbons (Fsp3) is 0.391. The highest BCUT2D eigenvalue weighted by Gasteiger charge is 2.52. The SMILES string of the molecule is CCc1cc(-c2cc(F)c(F)c(F)c2)ccc1C1C(=O)C(C)(C)SC(C)(C)C1=O. The number of hydrogen-bond donors (Lipinski definition) is 0. The Bertz CT molecular complexity index is 962. The van der Waals surface area contributed by atoms with Crippen molar-refractivity contribution in [1.29, 1.82) is 0 Å². The zero-order valence-electron chi connectivity index (χ0n) is 17.0. The number of carbonyl (C=O) groups is 2. The first kappa shape index (κ1) is 21.6. The molecule has 154 valence electrons. The van der Waals surface area contributed by atoms with Crippen molar-refractivity contribution in [1.82, 2.24) is 0 Å². The number of thioether (sulfide) groups is 1. The van der Waals surface area contributed by atoms with Crippen LogP contribution in [0.25, 0.3) is 11.1 Å². The molecule has 1 aliphatic heterocycles. The van der Waals surface area contributed by atoms with E-state index in [1.807, 2.05) is 34.6 Å². The van der Waals surface area contributed by atoms with Crippen molar-refractivity contribution in [3.63, 3.8) is 0 Å². The molecular weight excluding hydrogens is 397 g/mol. The summed E-state index contributed by atoms with van der Waals surface area (Å²) in [5.74, 6) is -5.21. The van der Waals surface area contributed by atoms with Gasteiger partial charge in [0.2, 0.25) is 0 Å². The van der Waals surface area contributed by atoms with Crippen molar-refractivity contribution in [3.8, 4) is 11.1 Å². The Balaban J connectivity index is 2.12. The van der Waals surface area contributed by atoms with Crippen LogP contribution in [0.1, 0.15) is 51.7 Å². The van der Waals surface area contributed by atoms with E-state index in [-0.39, 0.29) is 17.1 Å². The van der Waals surface area contributed by atoms with Gasteiger partial charge in [0.05, 0.1) is 9.49 Å². The second-order valence-corrected chi connectivity index (χ2v) is 10.6. The highest BCUT2D eigenvalue weighted by atomic mass is 32.2. The van der Waals surface area contributed by atoms with Crippen LogP contribution in [-0.4, -0.2) is 21.1 Å². The number of carbonyl (C=O) groups excluding carboxylic acids is 2. The van der Waals surface area contributed by atoms with Crippen LogP contribution in [0.2, 0.25) is 0 Å². The number of aryl methyl sites for hydroxylation is 1. The molecule has 0 radical (unpaired) electrons. The van der Waals surface area contributed by atoms with Gasteiger partial charge in [-0.25, -0.2) is 13.2 Å². The minimum atomic E-state index is -1.51. The highest BCUT2D eigenvalue weighted by Crippen LogP contribution is 2.49. The standard InChI is InChI=1S/C23H23F3O2S/c1-6-12-9-13(14-10-16(24)19(26)17(25)11-14)7-8-15(12)18-20(27)22(2,3)29-23(4,5)21(18)28/h7-11,18H,6H2,1-5H3. The molecule has 0 saturated carbocycles.